The molecule has 1 amide bonds. The summed E-state index contributed by atoms with van der Waals surface area (Å²) >= 11 is 0. The second-order valence-corrected chi connectivity index (χ2v) is 3.81. The van der Waals surface area contributed by atoms with Gasteiger partial charge in [-0.1, -0.05) is 6.07 Å². The predicted octanol–water partition coefficient (Wildman–Crippen LogP) is 1.54. The second kappa shape index (κ2) is 4.69. The fourth-order valence-electron chi connectivity index (χ4n) is 1.48. The fourth-order valence-corrected chi connectivity index (χ4v) is 1.48. The van der Waals surface area contributed by atoms with Crippen molar-refractivity contribution in [1.29, 1.82) is 0 Å². The molecule has 2 rings (SSSR count). The normalized spacial score (nSPS) is 10.2. The van der Waals surface area contributed by atoms with Gasteiger partial charge in [-0.05, 0) is 24.6 Å². The fraction of sp³-hybridized carbons (Fsp3) is 0.167. The van der Waals surface area contributed by atoms with Crippen LogP contribution in [0.4, 0.5) is 5.69 Å². The van der Waals surface area contributed by atoms with E-state index in [1.165, 1.54) is 6.07 Å². The molecule has 0 unspecified atom stereocenters. The topological polar surface area (TPSA) is 67.2 Å². The molecule has 0 fully saturated rings. The van der Waals surface area contributed by atoms with Gasteiger partial charge in [0, 0.05) is 18.0 Å². The van der Waals surface area contributed by atoms with E-state index >= 15 is 0 Å². The maximum Gasteiger partial charge on any atom is 0.246 e. The number of nitrogens with one attached hydrogen (secondary N) is 1. The minimum Gasteiger partial charge on any atom is -0.508 e. The third-order valence-corrected chi connectivity index (χ3v) is 2.20. The van der Waals surface area contributed by atoms with Gasteiger partial charge in [-0.25, -0.2) is 0 Å². The van der Waals surface area contributed by atoms with Gasteiger partial charge in [0.25, 0.3) is 0 Å². The molecule has 0 atom stereocenters. The van der Waals surface area contributed by atoms with E-state index in [-0.39, 0.29) is 18.2 Å². The molecule has 2 N–H and O–H groups in total. The van der Waals surface area contributed by atoms with E-state index in [4.69, 9.17) is 0 Å². The molecule has 0 aliphatic rings. The highest BCUT2D eigenvalue weighted by atomic mass is 16.3. The van der Waals surface area contributed by atoms with Crippen LogP contribution in [0.2, 0.25) is 0 Å². The predicted molar refractivity (Wildman–Crippen MR) is 63.7 cm³/mol. The number of aromatic nitrogens is 2. The molecular weight excluding hydrogens is 218 g/mol. The first-order valence-corrected chi connectivity index (χ1v) is 5.21. The van der Waals surface area contributed by atoms with Crippen molar-refractivity contribution in [3.63, 3.8) is 0 Å². The maximum absolute atomic E-state index is 11.6. The van der Waals surface area contributed by atoms with Gasteiger partial charge in [0.1, 0.15) is 12.3 Å². The van der Waals surface area contributed by atoms with Crippen molar-refractivity contribution in [2.75, 3.05) is 5.32 Å². The number of rotatable bonds is 3. The number of aryl methyl sites for hydroxylation is 1. The summed E-state index contributed by atoms with van der Waals surface area (Å²) in [6.45, 7) is 2.07. The lowest BCUT2D eigenvalue weighted by atomic mass is 10.3. The maximum atomic E-state index is 11.6. The van der Waals surface area contributed by atoms with Crippen molar-refractivity contribution in [2.24, 2.45) is 0 Å². The summed E-state index contributed by atoms with van der Waals surface area (Å²) in [6, 6.07) is 6.42. The van der Waals surface area contributed by atoms with Gasteiger partial charge in [-0.15, -0.1) is 0 Å². The van der Waals surface area contributed by atoms with Crippen LogP contribution in [0.5, 0.6) is 5.75 Å². The lowest BCUT2D eigenvalue weighted by molar-refractivity contribution is -0.116. The van der Waals surface area contributed by atoms with Gasteiger partial charge in [0.2, 0.25) is 5.91 Å². The van der Waals surface area contributed by atoms with Crippen molar-refractivity contribution >= 4 is 11.6 Å². The smallest absolute Gasteiger partial charge is 0.246 e. The van der Waals surface area contributed by atoms with Crippen molar-refractivity contribution < 1.29 is 9.90 Å². The Morgan fingerprint density at radius 1 is 1.53 bits per heavy atom. The van der Waals surface area contributed by atoms with Crippen LogP contribution in [0.25, 0.3) is 0 Å². The molecule has 0 aliphatic heterocycles. The minimum absolute atomic E-state index is 0.123. The Hall–Kier alpha value is -2.30. The quantitative estimate of drug-likeness (QED) is 0.841. The number of hydrogen-bond acceptors (Lipinski definition) is 3. The number of carbonyl (C=O) groups excluding carboxylic acids is 1. The van der Waals surface area contributed by atoms with Gasteiger partial charge in [-0.3, -0.25) is 9.48 Å². The highest BCUT2D eigenvalue weighted by molar-refractivity contribution is 5.90. The number of phenolic OH excluding ortho intramolecular Hbond substituents is 1. The first-order chi connectivity index (χ1) is 8.13. The number of hydrogen-bond donors (Lipinski definition) is 2. The number of carbonyl (C=O) groups is 1. The lowest BCUT2D eigenvalue weighted by Gasteiger charge is -2.05. The number of benzene rings is 1. The summed E-state index contributed by atoms with van der Waals surface area (Å²) in [6.07, 6.45) is 3.49. The number of nitrogens with zero attached hydrogens (tertiary/aromatic N) is 2. The van der Waals surface area contributed by atoms with Crippen LogP contribution < -0.4 is 5.32 Å². The van der Waals surface area contributed by atoms with Gasteiger partial charge in [0.05, 0.1) is 6.20 Å². The molecule has 0 saturated heterocycles. The van der Waals surface area contributed by atoms with Crippen molar-refractivity contribution in [1.82, 2.24) is 9.78 Å². The lowest BCUT2D eigenvalue weighted by Crippen LogP contribution is -2.18. The molecule has 1 heterocycles. The standard InChI is InChI=1S/C12H13N3O2/c1-9-6-13-15(7-9)8-12(17)14-10-3-2-4-11(16)5-10/h2-7,16H,8H2,1H3,(H,14,17). The van der Waals surface area contributed by atoms with E-state index < -0.39 is 0 Å². The Morgan fingerprint density at radius 3 is 3.00 bits per heavy atom. The third kappa shape index (κ3) is 3.07. The zero-order chi connectivity index (χ0) is 12.3. The van der Waals surface area contributed by atoms with Crippen molar-refractivity contribution in [3.8, 4) is 5.75 Å². The van der Waals surface area contributed by atoms with Gasteiger partial charge >= 0.3 is 0 Å². The van der Waals surface area contributed by atoms with Gasteiger partial charge in [0.15, 0.2) is 0 Å². The summed E-state index contributed by atoms with van der Waals surface area (Å²) in [7, 11) is 0. The third-order valence-electron chi connectivity index (χ3n) is 2.20. The first kappa shape index (κ1) is 11.2. The average molecular weight is 231 g/mol. The second-order valence-electron chi connectivity index (χ2n) is 3.81. The largest absolute Gasteiger partial charge is 0.508 e. The Morgan fingerprint density at radius 2 is 2.35 bits per heavy atom. The van der Waals surface area contributed by atoms with E-state index in [0.29, 0.717) is 5.69 Å². The summed E-state index contributed by atoms with van der Waals surface area (Å²) in [5.41, 5.74) is 1.58. The Bertz CT molecular complexity index is 534. The SMILES string of the molecule is Cc1cnn(CC(=O)Nc2cccc(O)c2)c1. The Balaban J connectivity index is 1.98. The van der Waals surface area contributed by atoms with Gasteiger partial charge in [-0.2, -0.15) is 5.10 Å². The number of amides is 1. The molecule has 88 valence electrons. The molecule has 17 heavy (non-hydrogen) atoms. The van der Waals surface area contributed by atoms with Crippen LogP contribution in [-0.4, -0.2) is 20.8 Å². The average Bonchev–Trinajstić information content (AvgIpc) is 2.63. The molecule has 0 aliphatic carbocycles. The molecule has 1 aromatic carbocycles. The first-order valence-electron chi connectivity index (χ1n) is 5.21. The van der Waals surface area contributed by atoms with Crippen LogP contribution in [-0.2, 0) is 11.3 Å². The van der Waals surface area contributed by atoms with E-state index in [2.05, 4.69) is 10.4 Å². The van der Waals surface area contributed by atoms with E-state index in [0.717, 1.165) is 5.56 Å². The summed E-state index contributed by atoms with van der Waals surface area (Å²) in [5.74, 6) is -0.0589. The van der Waals surface area contributed by atoms with Crippen LogP contribution in [0.1, 0.15) is 5.56 Å². The zero-order valence-corrected chi connectivity index (χ0v) is 9.42. The number of phenols is 1. The van der Waals surface area contributed by atoms with E-state index in [9.17, 15) is 9.90 Å². The minimum atomic E-state index is -0.182. The molecule has 5 heteroatoms. The van der Waals surface area contributed by atoms with Gasteiger partial charge < -0.3 is 10.4 Å². The molecular formula is C12H13N3O2. The molecule has 0 bridgehead atoms. The molecule has 0 saturated carbocycles. The number of anilines is 1. The van der Waals surface area contributed by atoms with Crippen LogP contribution in [0.15, 0.2) is 36.7 Å². The monoisotopic (exact) mass is 231 g/mol. The van der Waals surface area contributed by atoms with Crippen molar-refractivity contribution in [2.45, 2.75) is 13.5 Å². The summed E-state index contributed by atoms with van der Waals surface area (Å²) in [4.78, 5) is 11.6. The summed E-state index contributed by atoms with van der Waals surface area (Å²) < 4.78 is 1.56. The Kier molecular flexibility index (Phi) is 3.09. The molecule has 5 nitrogen and oxygen atoms in total. The van der Waals surface area contributed by atoms with E-state index in [1.807, 2.05) is 6.92 Å². The van der Waals surface area contributed by atoms with Crippen LogP contribution in [0.3, 0.4) is 0 Å². The molecule has 2 aromatic rings. The van der Waals surface area contributed by atoms with E-state index in [1.54, 1.807) is 35.3 Å². The highest BCUT2D eigenvalue weighted by Gasteiger charge is 2.04. The van der Waals surface area contributed by atoms with Crippen LogP contribution >= 0.6 is 0 Å². The molecule has 1 aromatic heterocycles. The Labute approximate surface area is 98.7 Å². The summed E-state index contributed by atoms with van der Waals surface area (Å²) in [5, 5.41) is 16.0. The molecule has 0 radical (unpaired) electrons. The van der Waals surface area contributed by atoms with Crippen LogP contribution in [0, 0.1) is 6.92 Å². The molecule has 0 spiro atoms. The van der Waals surface area contributed by atoms with Crippen molar-refractivity contribution in [3.05, 3.63) is 42.2 Å². The number of aromatic hydroxyl groups is 1. The zero-order valence-electron chi connectivity index (χ0n) is 9.42. The highest BCUT2D eigenvalue weighted by Crippen LogP contribution is 2.15.